The molecular formula is C23H26N4O2. The summed E-state index contributed by atoms with van der Waals surface area (Å²) in [6, 6.07) is 15.9. The molecule has 4 rings (SSSR count). The molecule has 0 unspecified atom stereocenters. The monoisotopic (exact) mass is 390 g/mol. The summed E-state index contributed by atoms with van der Waals surface area (Å²) in [5.41, 5.74) is 2.95. The van der Waals surface area contributed by atoms with Gasteiger partial charge in [0.15, 0.2) is 0 Å². The molecule has 29 heavy (non-hydrogen) atoms. The van der Waals surface area contributed by atoms with Gasteiger partial charge in [-0.15, -0.1) is 0 Å². The number of nitrogens with zero attached hydrogens (tertiary/aromatic N) is 4. The molecule has 0 bridgehead atoms. The van der Waals surface area contributed by atoms with Crippen LogP contribution in [0.5, 0.6) is 5.75 Å². The van der Waals surface area contributed by atoms with Crippen LogP contribution in [-0.4, -0.2) is 53.1 Å². The van der Waals surface area contributed by atoms with Crippen molar-refractivity contribution in [2.24, 2.45) is 0 Å². The van der Waals surface area contributed by atoms with Crippen LogP contribution in [-0.2, 0) is 0 Å². The van der Waals surface area contributed by atoms with E-state index in [0.717, 1.165) is 24.7 Å². The number of aryl methyl sites for hydroxylation is 1. The Kier molecular flexibility index (Phi) is 5.51. The first kappa shape index (κ1) is 19.1. The third kappa shape index (κ3) is 3.97. The molecule has 1 fully saturated rings. The Morgan fingerprint density at radius 2 is 1.76 bits per heavy atom. The van der Waals surface area contributed by atoms with Crippen LogP contribution in [0.1, 0.15) is 22.8 Å². The zero-order valence-electron chi connectivity index (χ0n) is 16.9. The Morgan fingerprint density at radius 3 is 2.48 bits per heavy atom. The maximum Gasteiger partial charge on any atom is 0.257 e. The molecule has 2 heterocycles. The van der Waals surface area contributed by atoms with E-state index in [1.54, 1.807) is 0 Å². The SMILES string of the molecule is CCOc1ccccc1C(=O)N1CCN(c2nccn2-c2ccc(C)cc2)CC1. The van der Waals surface area contributed by atoms with E-state index < -0.39 is 0 Å². The van der Waals surface area contributed by atoms with Gasteiger partial charge in [0.25, 0.3) is 5.91 Å². The van der Waals surface area contributed by atoms with Crippen LogP contribution < -0.4 is 9.64 Å². The van der Waals surface area contributed by atoms with E-state index in [4.69, 9.17) is 4.74 Å². The number of ether oxygens (including phenoxy) is 1. The lowest BCUT2D eigenvalue weighted by molar-refractivity contribution is 0.0742. The number of para-hydroxylation sites is 1. The van der Waals surface area contributed by atoms with Crippen molar-refractivity contribution < 1.29 is 9.53 Å². The second-order valence-corrected chi connectivity index (χ2v) is 7.14. The molecule has 1 aliphatic heterocycles. The highest BCUT2D eigenvalue weighted by atomic mass is 16.5. The molecule has 0 aliphatic carbocycles. The third-order valence-corrected chi connectivity index (χ3v) is 5.20. The lowest BCUT2D eigenvalue weighted by Crippen LogP contribution is -2.49. The van der Waals surface area contributed by atoms with Crippen molar-refractivity contribution in [2.75, 3.05) is 37.7 Å². The van der Waals surface area contributed by atoms with Crippen LogP contribution >= 0.6 is 0 Å². The van der Waals surface area contributed by atoms with Crippen molar-refractivity contribution in [1.29, 1.82) is 0 Å². The molecule has 0 atom stereocenters. The highest BCUT2D eigenvalue weighted by Crippen LogP contribution is 2.23. The average molecular weight is 390 g/mol. The first-order valence-electron chi connectivity index (χ1n) is 10.0. The Hall–Kier alpha value is -3.28. The number of rotatable bonds is 5. The number of carbonyl (C=O) groups excluding carboxylic acids is 1. The maximum atomic E-state index is 13.0. The van der Waals surface area contributed by atoms with Crippen molar-refractivity contribution >= 4 is 11.9 Å². The molecule has 150 valence electrons. The summed E-state index contributed by atoms with van der Waals surface area (Å²) in [7, 11) is 0. The van der Waals surface area contributed by atoms with Gasteiger partial charge in [-0.05, 0) is 38.1 Å². The quantitative estimate of drug-likeness (QED) is 0.669. The summed E-state index contributed by atoms with van der Waals surface area (Å²) in [5.74, 6) is 1.59. The van der Waals surface area contributed by atoms with Gasteiger partial charge in [0.1, 0.15) is 5.75 Å². The summed E-state index contributed by atoms with van der Waals surface area (Å²) in [5, 5.41) is 0. The van der Waals surface area contributed by atoms with E-state index >= 15 is 0 Å². The zero-order valence-corrected chi connectivity index (χ0v) is 16.9. The number of hydrogen-bond donors (Lipinski definition) is 0. The molecule has 0 N–H and O–H groups in total. The van der Waals surface area contributed by atoms with Gasteiger partial charge in [0.05, 0.1) is 12.2 Å². The van der Waals surface area contributed by atoms with Crippen LogP contribution in [0.25, 0.3) is 5.69 Å². The van der Waals surface area contributed by atoms with Gasteiger partial charge >= 0.3 is 0 Å². The van der Waals surface area contributed by atoms with E-state index in [1.165, 1.54) is 5.56 Å². The minimum atomic E-state index is 0.0237. The van der Waals surface area contributed by atoms with Gasteiger partial charge in [-0.25, -0.2) is 4.98 Å². The van der Waals surface area contributed by atoms with Crippen molar-refractivity contribution in [2.45, 2.75) is 13.8 Å². The Labute approximate surface area is 171 Å². The number of carbonyl (C=O) groups is 1. The predicted octanol–water partition coefficient (Wildman–Crippen LogP) is 3.54. The average Bonchev–Trinajstić information content (AvgIpc) is 3.24. The fraction of sp³-hybridized carbons (Fsp3) is 0.304. The predicted molar refractivity (Wildman–Crippen MR) is 114 cm³/mol. The molecule has 0 spiro atoms. The fourth-order valence-corrected chi connectivity index (χ4v) is 3.64. The van der Waals surface area contributed by atoms with Gasteiger partial charge in [-0.2, -0.15) is 0 Å². The van der Waals surface area contributed by atoms with E-state index in [1.807, 2.05) is 48.5 Å². The van der Waals surface area contributed by atoms with Gasteiger partial charge in [0, 0.05) is 44.3 Å². The van der Waals surface area contributed by atoms with E-state index in [0.29, 0.717) is 31.0 Å². The Balaban J connectivity index is 1.46. The summed E-state index contributed by atoms with van der Waals surface area (Å²) in [6.07, 6.45) is 3.81. The fourth-order valence-electron chi connectivity index (χ4n) is 3.64. The van der Waals surface area contributed by atoms with Crippen LogP contribution in [0.15, 0.2) is 60.9 Å². The number of imidazole rings is 1. The minimum absolute atomic E-state index is 0.0237. The Morgan fingerprint density at radius 1 is 1.03 bits per heavy atom. The second kappa shape index (κ2) is 8.39. The lowest BCUT2D eigenvalue weighted by Gasteiger charge is -2.35. The molecule has 3 aromatic rings. The van der Waals surface area contributed by atoms with E-state index in [2.05, 4.69) is 45.6 Å². The summed E-state index contributed by atoms with van der Waals surface area (Å²) < 4.78 is 7.73. The topological polar surface area (TPSA) is 50.6 Å². The molecule has 1 aromatic heterocycles. The van der Waals surface area contributed by atoms with Gasteiger partial charge < -0.3 is 14.5 Å². The molecular weight excluding hydrogens is 364 g/mol. The van der Waals surface area contributed by atoms with Crippen LogP contribution in [0.3, 0.4) is 0 Å². The highest BCUT2D eigenvalue weighted by molar-refractivity contribution is 5.97. The van der Waals surface area contributed by atoms with Crippen LogP contribution in [0.2, 0.25) is 0 Å². The smallest absolute Gasteiger partial charge is 0.257 e. The standard InChI is InChI=1S/C23H26N4O2/c1-3-29-21-7-5-4-6-20(21)22(28)25-14-16-26(17-15-25)23-24-12-13-27(23)19-10-8-18(2)9-11-19/h4-13H,3,14-17H2,1-2H3. The summed E-state index contributed by atoms with van der Waals surface area (Å²) >= 11 is 0. The highest BCUT2D eigenvalue weighted by Gasteiger charge is 2.26. The number of amides is 1. The first-order chi connectivity index (χ1) is 14.2. The second-order valence-electron chi connectivity index (χ2n) is 7.14. The first-order valence-corrected chi connectivity index (χ1v) is 10.0. The van der Waals surface area contributed by atoms with Crippen molar-refractivity contribution in [3.63, 3.8) is 0 Å². The number of hydrogen-bond acceptors (Lipinski definition) is 4. The molecule has 1 amide bonds. The maximum absolute atomic E-state index is 13.0. The van der Waals surface area contributed by atoms with Crippen LogP contribution in [0.4, 0.5) is 5.95 Å². The third-order valence-electron chi connectivity index (χ3n) is 5.20. The van der Waals surface area contributed by atoms with E-state index in [-0.39, 0.29) is 5.91 Å². The molecule has 1 aliphatic rings. The van der Waals surface area contributed by atoms with Crippen molar-refractivity contribution in [3.8, 4) is 11.4 Å². The van der Waals surface area contributed by atoms with Gasteiger partial charge in [-0.1, -0.05) is 29.8 Å². The molecule has 1 saturated heterocycles. The molecule has 2 aromatic carbocycles. The lowest BCUT2D eigenvalue weighted by atomic mass is 10.1. The van der Waals surface area contributed by atoms with Crippen molar-refractivity contribution in [3.05, 3.63) is 72.1 Å². The summed E-state index contributed by atoms with van der Waals surface area (Å²) in [4.78, 5) is 21.7. The van der Waals surface area contributed by atoms with E-state index in [9.17, 15) is 4.79 Å². The zero-order chi connectivity index (χ0) is 20.2. The summed E-state index contributed by atoms with van der Waals surface area (Å²) in [6.45, 7) is 7.34. The van der Waals surface area contributed by atoms with Crippen LogP contribution in [0, 0.1) is 6.92 Å². The number of aromatic nitrogens is 2. The molecule has 0 saturated carbocycles. The minimum Gasteiger partial charge on any atom is -0.493 e. The van der Waals surface area contributed by atoms with Gasteiger partial charge in [-0.3, -0.25) is 9.36 Å². The number of benzene rings is 2. The number of piperazine rings is 1. The number of anilines is 1. The largest absolute Gasteiger partial charge is 0.493 e. The van der Waals surface area contributed by atoms with Crippen molar-refractivity contribution in [1.82, 2.24) is 14.5 Å². The molecule has 6 heteroatoms. The molecule has 6 nitrogen and oxygen atoms in total. The van der Waals surface area contributed by atoms with Gasteiger partial charge in [0.2, 0.25) is 5.95 Å². The normalized spacial score (nSPS) is 14.1. The Bertz CT molecular complexity index is 973. The molecule has 0 radical (unpaired) electrons.